The molecule has 0 aromatic carbocycles. The van der Waals surface area contributed by atoms with Crippen LogP contribution in [0.1, 0.15) is 24.2 Å². The molecule has 130 valence electrons. The third-order valence-electron chi connectivity index (χ3n) is 5.15. The second-order valence-electron chi connectivity index (χ2n) is 6.60. The Kier molecular flexibility index (Phi) is 5.76. The summed E-state index contributed by atoms with van der Waals surface area (Å²) < 4.78 is 12.5. The molecule has 1 fully saturated rings. The number of ether oxygens (including phenoxy) is 2. The van der Waals surface area contributed by atoms with E-state index in [0.29, 0.717) is 50.4 Å². The van der Waals surface area contributed by atoms with Crippen molar-refractivity contribution in [2.24, 2.45) is 24.8 Å². The number of aromatic nitrogens is 3. The number of aryl methyl sites for hydroxylation is 2. The highest BCUT2D eigenvalue weighted by Gasteiger charge is 2.50. The standard InChI is InChI=1S/C16H25BN4O3/c1-21-15-5-3-12-11(2-4-14(15)19-20-21)13(12)10-24-16(22)18-7-9-23-8-6-17/h11-13H,2-10H2,1H3,(H,18,22). The first-order valence-corrected chi connectivity index (χ1v) is 8.76. The van der Waals surface area contributed by atoms with Crippen LogP contribution < -0.4 is 5.32 Å². The zero-order valence-corrected chi connectivity index (χ0v) is 14.2. The minimum Gasteiger partial charge on any atom is -0.449 e. The van der Waals surface area contributed by atoms with Crippen molar-refractivity contribution in [3.05, 3.63) is 11.4 Å². The Balaban J connectivity index is 1.36. The topological polar surface area (TPSA) is 78.3 Å². The van der Waals surface area contributed by atoms with Crippen LogP contribution in [0, 0.1) is 17.8 Å². The van der Waals surface area contributed by atoms with Crippen LogP contribution in [0.15, 0.2) is 0 Å². The van der Waals surface area contributed by atoms with Gasteiger partial charge in [0.05, 0.1) is 32.4 Å². The van der Waals surface area contributed by atoms with E-state index >= 15 is 0 Å². The first kappa shape index (κ1) is 17.3. The normalized spacial score (nSPS) is 25.1. The third-order valence-corrected chi connectivity index (χ3v) is 5.15. The molecule has 24 heavy (non-hydrogen) atoms. The van der Waals surface area contributed by atoms with E-state index in [1.165, 1.54) is 5.69 Å². The largest absolute Gasteiger partial charge is 0.449 e. The molecule has 1 aromatic rings. The fourth-order valence-corrected chi connectivity index (χ4v) is 3.79. The fourth-order valence-electron chi connectivity index (χ4n) is 3.79. The van der Waals surface area contributed by atoms with E-state index in [1.807, 2.05) is 11.7 Å². The van der Waals surface area contributed by atoms with Crippen LogP contribution in [0.5, 0.6) is 0 Å². The van der Waals surface area contributed by atoms with E-state index in [2.05, 4.69) is 15.6 Å². The van der Waals surface area contributed by atoms with Gasteiger partial charge in [0.2, 0.25) is 0 Å². The lowest BCUT2D eigenvalue weighted by molar-refractivity contribution is 0.123. The van der Waals surface area contributed by atoms with Crippen molar-refractivity contribution in [2.75, 3.05) is 26.4 Å². The molecule has 0 bridgehead atoms. The Morgan fingerprint density at radius 1 is 1.33 bits per heavy atom. The van der Waals surface area contributed by atoms with Crippen molar-refractivity contribution in [2.45, 2.75) is 32.0 Å². The molecule has 1 saturated carbocycles. The maximum Gasteiger partial charge on any atom is 0.407 e. The quantitative estimate of drug-likeness (QED) is 0.593. The zero-order chi connectivity index (χ0) is 16.9. The Labute approximate surface area is 143 Å². The molecule has 0 spiro atoms. The highest BCUT2D eigenvalue weighted by atomic mass is 16.5. The van der Waals surface area contributed by atoms with Crippen molar-refractivity contribution in [1.82, 2.24) is 20.3 Å². The third kappa shape index (κ3) is 4.09. The molecule has 1 amide bonds. The molecule has 7 nitrogen and oxygen atoms in total. The van der Waals surface area contributed by atoms with Gasteiger partial charge in [-0.15, -0.1) is 5.10 Å². The summed E-state index contributed by atoms with van der Waals surface area (Å²) in [7, 11) is 7.28. The summed E-state index contributed by atoms with van der Waals surface area (Å²) in [6.45, 7) is 1.92. The van der Waals surface area contributed by atoms with Crippen molar-refractivity contribution in [3.8, 4) is 0 Å². The van der Waals surface area contributed by atoms with Gasteiger partial charge in [0.25, 0.3) is 0 Å². The lowest BCUT2D eigenvalue weighted by Gasteiger charge is -2.07. The average Bonchev–Trinajstić information content (AvgIpc) is 3.09. The lowest BCUT2D eigenvalue weighted by Crippen LogP contribution is -2.28. The van der Waals surface area contributed by atoms with Crippen molar-refractivity contribution >= 4 is 13.9 Å². The van der Waals surface area contributed by atoms with E-state index in [-0.39, 0.29) is 6.09 Å². The van der Waals surface area contributed by atoms with Gasteiger partial charge in [-0.05, 0) is 43.4 Å². The molecule has 1 heterocycles. The summed E-state index contributed by atoms with van der Waals surface area (Å²) in [5.74, 6) is 1.81. The van der Waals surface area contributed by atoms with E-state index in [4.69, 9.17) is 17.3 Å². The smallest absolute Gasteiger partial charge is 0.407 e. The van der Waals surface area contributed by atoms with Crippen LogP contribution >= 0.6 is 0 Å². The minimum absolute atomic E-state index is 0.361. The van der Waals surface area contributed by atoms with Crippen LogP contribution in [0.25, 0.3) is 0 Å². The number of fused-ring (bicyclic) bond motifs is 2. The van der Waals surface area contributed by atoms with Gasteiger partial charge in [0, 0.05) is 20.2 Å². The Morgan fingerprint density at radius 3 is 2.92 bits per heavy atom. The molecule has 8 heteroatoms. The van der Waals surface area contributed by atoms with Crippen LogP contribution in [-0.4, -0.2) is 55.3 Å². The number of rotatable bonds is 7. The van der Waals surface area contributed by atoms with Crippen LogP contribution in [-0.2, 0) is 29.4 Å². The minimum atomic E-state index is -0.361. The molecule has 0 saturated heterocycles. The summed E-state index contributed by atoms with van der Waals surface area (Å²) in [4.78, 5) is 11.7. The van der Waals surface area contributed by atoms with Gasteiger partial charge >= 0.3 is 6.09 Å². The van der Waals surface area contributed by atoms with Crippen molar-refractivity contribution < 1.29 is 14.3 Å². The van der Waals surface area contributed by atoms with E-state index in [1.54, 1.807) is 0 Å². The molecule has 2 aliphatic rings. The highest BCUT2D eigenvalue weighted by Crippen LogP contribution is 2.52. The summed E-state index contributed by atoms with van der Waals surface area (Å²) in [6.07, 6.45) is 4.36. The SMILES string of the molecule is [B]CCOCCNC(=O)OCC1C2CCc3nnn(C)c3CCC21. The monoisotopic (exact) mass is 332 g/mol. The van der Waals surface area contributed by atoms with Gasteiger partial charge in [-0.1, -0.05) is 11.5 Å². The van der Waals surface area contributed by atoms with Gasteiger partial charge in [-0.3, -0.25) is 4.68 Å². The molecule has 3 unspecified atom stereocenters. The summed E-state index contributed by atoms with van der Waals surface area (Å²) >= 11 is 0. The van der Waals surface area contributed by atoms with Crippen LogP contribution in [0.3, 0.4) is 0 Å². The Hall–Kier alpha value is -1.57. The predicted octanol–water partition coefficient (Wildman–Crippen LogP) is 0.886. The number of alkyl carbamates (subject to hydrolysis) is 1. The summed E-state index contributed by atoms with van der Waals surface area (Å²) in [5.41, 5.74) is 2.40. The number of carbonyl (C=O) groups excluding carboxylic acids is 1. The molecular weight excluding hydrogens is 307 g/mol. The molecule has 2 aliphatic carbocycles. The molecule has 3 atom stereocenters. The van der Waals surface area contributed by atoms with Gasteiger partial charge in [-0.25, -0.2) is 4.79 Å². The number of hydrogen-bond donors (Lipinski definition) is 1. The zero-order valence-electron chi connectivity index (χ0n) is 14.2. The maximum absolute atomic E-state index is 11.7. The van der Waals surface area contributed by atoms with Crippen molar-refractivity contribution in [3.63, 3.8) is 0 Å². The van der Waals surface area contributed by atoms with E-state index in [0.717, 1.165) is 31.4 Å². The van der Waals surface area contributed by atoms with Gasteiger partial charge in [-0.2, -0.15) is 0 Å². The molecule has 1 N–H and O–H groups in total. The molecule has 2 radical (unpaired) electrons. The van der Waals surface area contributed by atoms with Crippen LogP contribution in [0.2, 0.25) is 6.32 Å². The number of amides is 1. The Morgan fingerprint density at radius 2 is 2.12 bits per heavy atom. The summed E-state index contributed by atoms with van der Waals surface area (Å²) in [6, 6.07) is 0. The maximum atomic E-state index is 11.7. The molecule has 0 aliphatic heterocycles. The van der Waals surface area contributed by atoms with Gasteiger partial charge < -0.3 is 14.8 Å². The molecule has 3 rings (SSSR count). The van der Waals surface area contributed by atoms with E-state index in [9.17, 15) is 4.79 Å². The first-order chi connectivity index (χ1) is 11.7. The molecule has 1 aromatic heterocycles. The second kappa shape index (κ2) is 8.01. The lowest BCUT2D eigenvalue weighted by atomic mass is 10.0. The predicted molar refractivity (Wildman–Crippen MR) is 88.8 cm³/mol. The van der Waals surface area contributed by atoms with Gasteiger partial charge in [0.15, 0.2) is 0 Å². The first-order valence-electron chi connectivity index (χ1n) is 8.76. The van der Waals surface area contributed by atoms with Gasteiger partial charge in [0.1, 0.15) is 0 Å². The highest BCUT2D eigenvalue weighted by molar-refractivity contribution is 6.08. The van der Waals surface area contributed by atoms with Crippen LogP contribution in [0.4, 0.5) is 4.79 Å². The number of carbonyl (C=O) groups is 1. The summed E-state index contributed by atoms with van der Waals surface area (Å²) in [5, 5.41) is 11.1. The number of hydrogen-bond acceptors (Lipinski definition) is 5. The second-order valence-corrected chi connectivity index (χ2v) is 6.60. The molecular formula is C16H25BN4O3. The average molecular weight is 332 g/mol. The number of nitrogens with one attached hydrogen (secondary N) is 1. The van der Waals surface area contributed by atoms with Crippen molar-refractivity contribution in [1.29, 1.82) is 0 Å². The fraction of sp³-hybridized carbons (Fsp3) is 0.812. The number of nitrogens with zero attached hydrogens (tertiary/aromatic N) is 3. The van der Waals surface area contributed by atoms with E-state index < -0.39 is 0 Å². The Bertz CT molecular complexity index is 566.